The highest BCUT2D eigenvalue weighted by atomic mass is 19.1. The Labute approximate surface area is 70.9 Å². The Morgan fingerprint density at radius 2 is 2.00 bits per heavy atom. The zero-order chi connectivity index (χ0) is 8.77. The number of aromatic nitrogens is 2. The van der Waals surface area contributed by atoms with E-state index >= 15 is 0 Å². The molecular weight excluding hydrogens is 155 g/mol. The van der Waals surface area contributed by atoms with Gasteiger partial charge >= 0.3 is 0 Å². The van der Waals surface area contributed by atoms with Gasteiger partial charge in [-0.2, -0.15) is 0 Å². The Hall–Kier alpha value is -0.990. The van der Waals surface area contributed by atoms with Gasteiger partial charge < -0.3 is 0 Å². The third-order valence-electron chi connectivity index (χ3n) is 2.11. The van der Waals surface area contributed by atoms with Crippen LogP contribution in [0.4, 0.5) is 4.39 Å². The first-order chi connectivity index (χ1) is 5.60. The highest BCUT2D eigenvalue weighted by Crippen LogP contribution is 2.48. The Morgan fingerprint density at radius 3 is 2.50 bits per heavy atom. The molecule has 0 amide bonds. The van der Waals surface area contributed by atoms with Crippen LogP contribution in [0.1, 0.15) is 30.1 Å². The van der Waals surface area contributed by atoms with E-state index in [1.807, 2.05) is 6.92 Å². The molecule has 1 aromatic rings. The number of nitrogens with zero attached hydrogens (tertiary/aromatic N) is 2. The molecule has 0 unspecified atom stereocenters. The fourth-order valence-corrected chi connectivity index (χ4v) is 1.31. The van der Waals surface area contributed by atoms with Gasteiger partial charge in [-0.15, -0.1) is 0 Å². The second kappa shape index (κ2) is 2.25. The van der Waals surface area contributed by atoms with Crippen molar-refractivity contribution < 1.29 is 4.39 Å². The molecule has 1 aromatic heterocycles. The molecule has 12 heavy (non-hydrogen) atoms. The second-order valence-corrected chi connectivity index (χ2v) is 3.41. The monoisotopic (exact) mass is 166 g/mol. The van der Waals surface area contributed by atoms with Crippen LogP contribution in [0.15, 0.2) is 6.07 Å². The van der Waals surface area contributed by atoms with Gasteiger partial charge in [-0.25, -0.2) is 14.4 Å². The van der Waals surface area contributed by atoms with Gasteiger partial charge in [0.25, 0.3) is 0 Å². The number of rotatable bonds is 1. The fourth-order valence-electron chi connectivity index (χ4n) is 1.31. The van der Waals surface area contributed by atoms with Crippen LogP contribution in [0.25, 0.3) is 0 Å². The van der Waals surface area contributed by atoms with E-state index in [0.717, 1.165) is 5.69 Å². The minimum absolute atomic E-state index is 0.563. The lowest BCUT2D eigenvalue weighted by Gasteiger charge is -2.05. The molecule has 1 saturated carbocycles. The smallest absolute Gasteiger partial charge is 0.153 e. The Morgan fingerprint density at radius 1 is 1.33 bits per heavy atom. The van der Waals surface area contributed by atoms with E-state index in [2.05, 4.69) is 9.97 Å². The molecule has 0 radical (unpaired) electrons. The van der Waals surface area contributed by atoms with Crippen molar-refractivity contribution in [3.8, 4) is 0 Å². The summed E-state index contributed by atoms with van der Waals surface area (Å²) in [6.45, 7) is 3.66. The quantitative estimate of drug-likeness (QED) is 0.638. The Kier molecular flexibility index (Phi) is 1.43. The summed E-state index contributed by atoms with van der Waals surface area (Å²) >= 11 is 0. The van der Waals surface area contributed by atoms with Crippen LogP contribution < -0.4 is 0 Å². The molecule has 0 N–H and O–H groups in total. The Balaban J connectivity index is 2.44. The van der Waals surface area contributed by atoms with E-state index in [9.17, 15) is 4.39 Å². The lowest BCUT2D eigenvalue weighted by Crippen LogP contribution is -2.05. The number of hydrogen-bond donors (Lipinski definition) is 0. The SMILES string of the molecule is Cc1cc(C2(F)CC2)nc(C)n1. The summed E-state index contributed by atoms with van der Waals surface area (Å²) in [5.74, 6) is 0.661. The molecular formula is C9H11FN2. The average molecular weight is 166 g/mol. The molecule has 0 spiro atoms. The summed E-state index contributed by atoms with van der Waals surface area (Å²) < 4.78 is 13.5. The standard InChI is InChI=1S/C9H11FN2/c1-6-5-8(9(10)3-4-9)12-7(2)11-6/h5H,3-4H2,1-2H3. The summed E-state index contributed by atoms with van der Waals surface area (Å²) in [6, 6.07) is 1.74. The zero-order valence-corrected chi connectivity index (χ0v) is 7.26. The minimum atomic E-state index is -1.13. The molecule has 0 aromatic carbocycles. The number of halogens is 1. The second-order valence-electron chi connectivity index (χ2n) is 3.41. The Bertz CT molecular complexity index is 298. The van der Waals surface area contributed by atoms with Crippen molar-refractivity contribution in [2.45, 2.75) is 32.4 Å². The van der Waals surface area contributed by atoms with Crippen LogP contribution in [0.2, 0.25) is 0 Å². The van der Waals surface area contributed by atoms with Crippen molar-refractivity contribution in [1.29, 1.82) is 0 Å². The summed E-state index contributed by atoms with van der Waals surface area (Å²) in [5, 5.41) is 0. The van der Waals surface area contributed by atoms with E-state index in [0.29, 0.717) is 24.4 Å². The average Bonchev–Trinajstić information content (AvgIpc) is 2.67. The van der Waals surface area contributed by atoms with Gasteiger partial charge in [0.1, 0.15) is 5.82 Å². The van der Waals surface area contributed by atoms with Gasteiger partial charge in [-0.3, -0.25) is 0 Å². The first-order valence-electron chi connectivity index (χ1n) is 4.12. The lowest BCUT2D eigenvalue weighted by molar-refractivity contribution is 0.308. The highest BCUT2D eigenvalue weighted by molar-refractivity contribution is 5.22. The van der Waals surface area contributed by atoms with Crippen molar-refractivity contribution in [1.82, 2.24) is 9.97 Å². The third kappa shape index (κ3) is 1.19. The van der Waals surface area contributed by atoms with Crippen LogP contribution >= 0.6 is 0 Å². The summed E-state index contributed by atoms with van der Waals surface area (Å²) in [7, 11) is 0. The molecule has 0 aliphatic heterocycles. The molecule has 1 aliphatic rings. The maximum Gasteiger partial charge on any atom is 0.153 e. The van der Waals surface area contributed by atoms with Crippen LogP contribution in [0, 0.1) is 13.8 Å². The molecule has 2 nitrogen and oxygen atoms in total. The summed E-state index contributed by atoms with van der Waals surface area (Å²) in [4.78, 5) is 8.18. The number of alkyl halides is 1. The van der Waals surface area contributed by atoms with Crippen molar-refractivity contribution >= 4 is 0 Å². The first-order valence-corrected chi connectivity index (χ1v) is 4.12. The van der Waals surface area contributed by atoms with E-state index in [-0.39, 0.29) is 0 Å². The predicted octanol–water partition coefficient (Wildman–Crippen LogP) is 2.05. The van der Waals surface area contributed by atoms with Crippen molar-refractivity contribution in [2.24, 2.45) is 0 Å². The van der Waals surface area contributed by atoms with Crippen LogP contribution in [-0.2, 0) is 5.67 Å². The molecule has 3 heteroatoms. The maximum atomic E-state index is 13.5. The fraction of sp³-hybridized carbons (Fsp3) is 0.556. The molecule has 1 fully saturated rings. The first kappa shape index (κ1) is 7.65. The van der Waals surface area contributed by atoms with Crippen molar-refractivity contribution in [3.63, 3.8) is 0 Å². The summed E-state index contributed by atoms with van der Waals surface area (Å²) in [5.41, 5.74) is 0.285. The molecule has 64 valence electrons. The van der Waals surface area contributed by atoms with Gasteiger partial charge in [-0.1, -0.05) is 0 Å². The molecule has 1 heterocycles. The van der Waals surface area contributed by atoms with Gasteiger partial charge in [-0.05, 0) is 32.8 Å². The van der Waals surface area contributed by atoms with E-state index < -0.39 is 5.67 Å². The largest absolute Gasteiger partial charge is 0.239 e. The normalized spacial score (nSPS) is 19.2. The molecule has 2 rings (SSSR count). The third-order valence-corrected chi connectivity index (χ3v) is 2.11. The summed E-state index contributed by atoms with van der Waals surface area (Å²) in [6.07, 6.45) is 1.23. The molecule has 0 atom stereocenters. The maximum absolute atomic E-state index is 13.5. The van der Waals surface area contributed by atoms with Crippen molar-refractivity contribution in [2.75, 3.05) is 0 Å². The number of hydrogen-bond acceptors (Lipinski definition) is 2. The van der Waals surface area contributed by atoms with E-state index in [1.165, 1.54) is 0 Å². The van der Waals surface area contributed by atoms with Crippen LogP contribution in [-0.4, -0.2) is 9.97 Å². The lowest BCUT2D eigenvalue weighted by atomic mass is 10.2. The van der Waals surface area contributed by atoms with Crippen molar-refractivity contribution in [3.05, 3.63) is 23.3 Å². The van der Waals surface area contributed by atoms with Gasteiger partial charge in [0.05, 0.1) is 5.69 Å². The topological polar surface area (TPSA) is 25.8 Å². The van der Waals surface area contributed by atoms with Gasteiger partial charge in [0, 0.05) is 5.69 Å². The van der Waals surface area contributed by atoms with E-state index in [4.69, 9.17) is 0 Å². The van der Waals surface area contributed by atoms with Gasteiger partial charge in [0.15, 0.2) is 5.67 Å². The molecule has 0 saturated heterocycles. The number of aryl methyl sites for hydroxylation is 2. The predicted molar refractivity (Wildman–Crippen MR) is 43.5 cm³/mol. The van der Waals surface area contributed by atoms with E-state index in [1.54, 1.807) is 13.0 Å². The zero-order valence-electron chi connectivity index (χ0n) is 7.26. The highest BCUT2D eigenvalue weighted by Gasteiger charge is 2.46. The van der Waals surface area contributed by atoms with Gasteiger partial charge in [0.2, 0.25) is 0 Å². The van der Waals surface area contributed by atoms with Crippen LogP contribution in [0.5, 0.6) is 0 Å². The minimum Gasteiger partial charge on any atom is -0.239 e. The molecule has 0 bridgehead atoms. The molecule has 1 aliphatic carbocycles. The van der Waals surface area contributed by atoms with Crippen LogP contribution in [0.3, 0.4) is 0 Å².